The number of amides is 2. The molecule has 1 atom stereocenters. The van der Waals surface area contributed by atoms with E-state index in [-0.39, 0.29) is 26.2 Å². The summed E-state index contributed by atoms with van der Waals surface area (Å²) < 4.78 is 16.2. The lowest BCUT2D eigenvalue weighted by Gasteiger charge is -2.22. The normalized spacial score (nSPS) is 12.9. The number of alkyl carbamates (subject to hydrolysis) is 1. The van der Waals surface area contributed by atoms with Gasteiger partial charge in [0.25, 0.3) is 0 Å². The molecule has 0 saturated carbocycles. The third-order valence-electron chi connectivity index (χ3n) is 8.29. The summed E-state index contributed by atoms with van der Waals surface area (Å²) in [5, 5.41) is 30.0. The van der Waals surface area contributed by atoms with E-state index in [0.29, 0.717) is 49.6 Å². The van der Waals surface area contributed by atoms with Crippen molar-refractivity contribution >= 4 is 58.5 Å². The monoisotopic (exact) mass is 815 g/mol. The van der Waals surface area contributed by atoms with Crippen LogP contribution in [-0.2, 0) is 24.8 Å². The number of rotatable bonds is 15. The quantitative estimate of drug-likeness (QED) is 0.0687. The van der Waals surface area contributed by atoms with E-state index in [9.17, 15) is 24.9 Å². The molecule has 0 spiro atoms. The number of nitrogens with one attached hydrogen (secondary N) is 2. The molecule has 3 heterocycles. The lowest BCUT2D eigenvalue weighted by atomic mass is 9.96. The number of benzene rings is 2. The average Bonchev–Trinajstić information content (AvgIpc) is 3.88. The van der Waals surface area contributed by atoms with Gasteiger partial charge in [0, 0.05) is 46.9 Å². The first-order valence-electron chi connectivity index (χ1n) is 18.0. The fourth-order valence-corrected chi connectivity index (χ4v) is 7.58. The summed E-state index contributed by atoms with van der Waals surface area (Å²) >= 11 is 9.00. The molecular formula is C40H42ClN7O6S2. The second-order valence-corrected chi connectivity index (χ2v) is 16.0. The highest BCUT2D eigenvalue weighted by molar-refractivity contribution is 7.98. The number of carbonyl (C=O) groups excluding carboxylic acids is 3. The fourth-order valence-electron chi connectivity index (χ4n) is 5.65. The summed E-state index contributed by atoms with van der Waals surface area (Å²) in [5.74, 6) is 0.559. The van der Waals surface area contributed by atoms with Crippen molar-refractivity contribution in [3.05, 3.63) is 75.8 Å². The Labute approximate surface area is 339 Å². The van der Waals surface area contributed by atoms with Crippen molar-refractivity contribution in [1.82, 2.24) is 20.6 Å². The third-order valence-corrected chi connectivity index (χ3v) is 10.5. The molecule has 2 amide bonds. The van der Waals surface area contributed by atoms with Gasteiger partial charge in [0.2, 0.25) is 5.91 Å². The summed E-state index contributed by atoms with van der Waals surface area (Å²) in [5.41, 5.74) is 2.96. The summed E-state index contributed by atoms with van der Waals surface area (Å²) in [7, 11) is 0. The van der Waals surface area contributed by atoms with E-state index in [1.54, 1.807) is 45.0 Å². The number of thiazole rings is 1. The molecule has 1 saturated heterocycles. The largest absolute Gasteiger partial charge is 0.490 e. The van der Waals surface area contributed by atoms with Gasteiger partial charge in [-0.2, -0.15) is 10.5 Å². The molecule has 0 bridgehead atoms. The van der Waals surface area contributed by atoms with E-state index in [1.807, 2.05) is 29.6 Å². The molecule has 0 radical (unpaired) electrons. The fraction of sp³-hybridized carbons (Fsp3) is 0.375. The second kappa shape index (κ2) is 19.5. The SMILES string of the molecule is C[C@H](NC(=O)OC(C)(C)C)C(=O)NCCC(=O)OCCOc1ccc(-c2c(C#N)c(SCc3csc(-c4ccc(Cl)cc4)n3)nc(N3CCCC3)c2C#N)cc1. The van der Waals surface area contributed by atoms with Crippen LogP contribution in [0.5, 0.6) is 5.75 Å². The number of esters is 1. The van der Waals surface area contributed by atoms with Gasteiger partial charge in [-0.3, -0.25) is 9.59 Å². The molecule has 2 aromatic heterocycles. The molecular weight excluding hydrogens is 774 g/mol. The molecule has 1 aliphatic heterocycles. The first-order chi connectivity index (χ1) is 26.8. The van der Waals surface area contributed by atoms with Gasteiger partial charge in [0.15, 0.2) is 0 Å². The maximum atomic E-state index is 12.3. The molecule has 2 aromatic carbocycles. The van der Waals surface area contributed by atoms with E-state index in [1.165, 1.54) is 30.0 Å². The Hall–Kier alpha value is -5.35. The average molecular weight is 816 g/mol. The number of hydrogen-bond acceptors (Lipinski definition) is 13. The van der Waals surface area contributed by atoms with Crippen molar-refractivity contribution in [3.8, 4) is 39.6 Å². The van der Waals surface area contributed by atoms with Gasteiger partial charge in [0.1, 0.15) is 64.2 Å². The zero-order chi connectivity index (χ0) is 40.2. The van der Waals surface area contributed by atoms with Gasteiger partial charge in [-0.1, -0.05) is 47.6 Å². The van der Waals surface area contributed by atoms with E-state index >= 15 is 0 Å². The number of pyridine rings is 1. The number of ether oxygens (including phenoxy) is 3. The van der Waals surface area contributed by atoms with E-state index < -0.39 is 29.6 Å². The maximum absolute atomic E-state index is 12.3. The van der Waals surface area contributed by atoms with Crippen LogP contribution in [0.15, 0.2) is 58.9 Å². The smallest absolute Gasteiger partial charge is 0.408 e. The molecule has 16 heteroatoms. The van der Waals surface area contributed by atoms with Gasteiger partial charge in [0.05, 0.1) is 17.7 Å². The van der Waals surface area contributed by atoms with Crippen molar-refractivity contribution in [3.63, 3.8) is 0 Å². The number of hydrogen-bond donors (Lipinski definition) is 2. The summed E-state index contributed by atoms with van der Waals surface area (Å²) in [6, 6.07) is 18.4. The van der Waals surface area contributed by atoms with Crippen LogP contribution in [0.3, 0.4) is 0 Å². The van der Waals surface area contributed by atoms with Gasteiger partial charge in [-0.15, -0.1) is 11.3 Å². The van der Waals surface area contributed by atoms with Crippen LogP contribution in [0.25, 0.3) is 21.7 Å². The molecule has 1 fully saturated rings. The molecule has 4 aromatic rings. The minimum Gasteiger partial charge on any atom is -0.490 e. The van der Waals surface area contributed by atoms with E-state index in [0.717, 1.165) is 42.2 Å². The number of nitriles is 2. The lowest BCUT2D eigenvalue weighted by Crippen LogP contribution is -2.46. The Kier molecular flexibility index (Phi) is 14.5. The predicted molar refractivity (Wildman–Crippen MR) is 216 cm³/mol. The number of carbonyl (C=O) groups is 3. The number of nitrogens with zero attached hydrogens (tertiary/aromatic N) is 5. The summed E-state index contributed by atoms with van der Waals surface area (Å²) in [6.07, 6.45) is 1.20. The first-order valence-corrected chi connectivity index (χ1v) is 20.2. The van der Waals surface area contributed by atoms with Crippen LogP contribution < -0.4 is 20.3 Å². The maximum Gasteiger partial charge on any atom is 0.408 e. The second-order valence-electron chi connectivity index (χ2n) is 13.7. The Bertz CT molecular complexity index is 2100. The highest BCUT2D eigenvalue weighted by Gasteiger charge is 2.27. The van der Waals surface area contributed by atoms with Crippen molar-refractivity contribution in [2.75, 3.05) is 37.7 Å². The van der Waals surface area contributed by atoms with Crippen LogP contribution in [0.4, 0.5) is 10.6 Å². The molecule has 292 valence electrons. The lowest BCUT2D eigenvalue weighted by molar-refractivity contribution is -0.144. The first kappa shape index (κ1) is 41.8. The Morgan fingerprint density at radius 1 is 0.982 bits per heavy atom. The molecule has 2 N–H and O–H groups in total. The Morgan fingerprint density at radius 3 is 2.32 bits per heavy atom. The number of aromatic nitrogens is 2. The van der Waals surface area contributed by atoms with E-state index in [4.69, 9.17) is 35.8 Å². The predicted octanol–water partition coefficient (Wildman–Crippen LogP) is 7.50. The third kappa shape index (κ3) is 11.6. The number of thioether (sulfide) groups is 1. The number of halogens is 1. The van der Waals surface area contributed by atoms with Crippen LogP contribution >= 0.6 is 34.7 Å². The Morgan fingerprint density at radius 2 is 1.66 bits per heavy atom. The van der Waals surface area contributed by atoms with Crippen molar-refractivity contribution in [1.29, 1.82) is 10.5 Å². The Balaban J connectivity index is 1.19. The van der Waals surface area contributed by atoms with Crippen molar-refractivity contribution in [2.24, 2.45) is 0 Å². The van der Waals surface area contributed by atoms with Crippen LogP contribution in [0, 0.1) is 22.7 Å². The van der Waals surface area contributed by atoms with E-state index in [2.05, 4.69) is 27.7 Å². The van der Waals surface area contributed by atoms with Crippen molar-refractivity contribution < 1.29 is 28.6 Å². The zero-order valence-corrected chi connectivity index (χ0v) is 33.9. The minimum absolute atomic E-state index is 0.0212. The van der Waals surface area contributed by atoms with Gasteiger partial charge < -0.3 is 29.7 Å². The van der Waals surface area contributed by atoms with Crippen LogP contribution in [0.1, 0.15) is 63.8 Å². The molecule has 0 aliphatic carbocycles. The van der Waals surface area contributed by atoms with Gasteiger partial charge in [-0.25, -0.2) is 14.8 Å². The standard InChI is InChI=1S/C40H42ClN7O6S2/c1-25(45-39(51)54-40(2,3)4)36(50)44-16-15-33(49)53-20-19-52-30-13-9-26(10-14-30)34-31(21-42)35(48-17-5-6-18-48)47-38(32(34)22-43)56-24-29-23-55-37(46-29)27-7-11-28(41)12-8-27/h7-14,23,25H,5-6,15-20,24H2,1-4H3,(H,44,50)(H,45,51)/t25-/m0/s1. The molecule has 1 aliphatic rings. The van der Waals surface area contributed by atoms with Crippen molar-refractivity contribution in [2.45, 2.75) is 69.4 Å². The minimum atomic E-state index is -0.852. The highest BCUT2D eigenvalue weighted by atomic mass is 35.5. The van der Waals surface area contributed by atoms with Crippen LogP contribution in [-0.4, -0.2) is 72.4 Å². The molecule has 0 unspecified atom stereocenters. The van der Waals surface area contributed by atoms with Crippen LogP contribution in [0.2, 0.25) is 5.02 Å². The highest BCUT2D eigenvalue weighted by Crippen LogP contribution is 2.40. The number of anilines is 1. The van der Waals surface area contributed by atoms with Gasteiger partial charge in [-0.05, 0) is 70.4 Å². The molecule has 5 rings (SSSR count). The topological polar surface area (TPSA) is 180 Å². The molecule has 13 nitrogen and oxygen atoms in total. The van der Waals surface area contributed by atoms with Gasteiger partial charge >= 0.3 is 12.1 Å². The summed E-state index contributed by atoms with van der Waals surface area (Å²) in [6.45, 7) is 8.29. The summed E-state index contributed by atoms with van der Waals surface area (Å²) in [4.78, 5) is 48.2. The zero-order valence-electron chi connectivity index (χ0n) is 31.5. The molecule has 56 heavy (non-hydrogen) atoms.